The zero-order chi connectivity index (χ0) is 10.3. The van der Waals surface area contributed by atoms with Crippen LogP contribution in [0.1, 0.15) is 39.3 Å². The fourth-order valence-corrected chi connectivity index (χ4v) is 1.59. The van der Waals surface area contributed by atoms with Gasteiger partial charge >= 0.3 is 0 Å². The lowest BCUT2D eigenvalue weighted by atomic mass is 9.99. The van der Waals surface area contributed by atoms with Crippen molar-refractivity contribution in [1.82, 2.24) is 5.32 Å². The molecule has 1 aromatic rings. The maximum absolute atomic E-state index is 11.4. The monoisotopic (exact) mass is 191 g/mol. The van der Waals surface area contributed by atoms with Crippen LogP contribution in [0.25, 0.3) is 0 Å². The van der Waals surface area contributed by atoms with E-state index < -0.39 is 17.9 Å². The van der Waals surface area contributed by atoms with Gasteiger partial charge in [-0.15, -0.1) is 0 Å². The summed E-state index contributed by atoms with van der Waals surface area (Å²) in [4.78, 5) is 22.6. The minimum absolute atomic E-state index is 0.299. The lowest BCUT2D eigenvalue weighted by Gasteiger charge is -2.07. The molecule has 0 radical (unpaired) electrons. The molecule has 1 aliphatic rings. The average molecular weight is 191 g/mol. The number of benzene rings is 1. The Morgan fingerprint density at radius 3 is 2.64 bits per heavy atom. The van der Waals surface area contributed by atoms with Gasteiger partial charge in [-0.1, -0.05) is 12.1 Å². The number of amides is 2. The van der Waals surface area contributed by atoms with Crippen molar-refractivity contribution in [2.45, 2.75) is 13.0 Å². The van der Waals surface area contributed by atoms with Crippen LogP contribution in [0, 0.1) is 0 Å². The van der Waals surface area contributed by atoms with Crippen LogP contribution in [0.5, 0.6) is 0 Å². The minimum atomic E-state index is -0.749. The van der Waals surface area contributed by atoms with Crippen molar-refractivity contribution in [3.05, 3.63) is 34.9 Å². The molecule has 0 saturated carbocycles. The van der Waals surface area contributed by atoms with Crippen LogP contribution in [0.15, 0.2) is 18.2 Å². The number of aliphatic hydroxyl groups excluding tert-OH is 1. The summed E-state index contributed by atoms with van der Waals surface area (Å²) >= 11 is 0. The molecule has 4 heteroatoms. The number of nitrogens with one attached hydrogen (secondary N) is 1. The molecular weight excluding hydrogens is 182 g/mol. The van der Waals surface area contributed by atoms with Crippen molar-refractivity contribution in [3.63, 3.8) is 0 Å². The van der Waals surface area contributed by atoms with E-state index in [2.05, 4.69) is 5.32 Å². The molecule has 0 bridgehead atoms. The van der Waals surface area contributed by atoms with Crippen molar-refractivity contribution in [3.8, 4) is 0 Å². The van der Waals surface area contributed by atoms with Crippen molar-refractivity contribution in [1.29, 1.82) is 0 Å². The number of imide groups is 1. The molecule has 0 spiro atoms. The highest BCUT2D eigenvalue weighted by Crippen LogP contribution is 2.24. The van der Waals surface area contributed by atoms with E-state index in [1.165, 1.54) is 0 Å². The number of fused-ring (bicyclic) bond motifs is 1. The Morgan fingerprint density at radius 2 is 2.00 bits per heavy atom. The molecule has 0 fully saturated rings. The zero-order valence-electron chi connectivity index (χ0n) is 7.57. The van der Waals surface area contributed by atoms with Crippen LogP contribution in [0.4, 0.5) is 0 Å². The Kier molecular flexibility index (Phi) is 1.86. The van der Waals surface area contributed by atoms with Gasteiger partial charge in [-0.2, -0.15) is 0 Å². The number of carbonyl (C=O) groups is 2. The van der Waals surface area contributed by atoms with E-state index in [9.17, 15) is 14.7 Å². The third kappa shape index (κ3) is 1.12. The molecular formula is C10H9NO3. The van der Waals surface area contributed by atoms with Crippen LogP contribution in [0.3, 0.4) is 0 Å². The van der Waals surface area contributed by atoms with E-state index in [0.29, 0.717) is 16.7 Å². The maximum atomic E-state index is 11.4. The van der Waals surface area contributed by atoms with Gasteiger partial charge in [0.05, 0.1) is 17.2 Å². The molecule has 2 N–H and O–H groups in total. The third-order valence-corrected chi connectivity index (χ3v) is 2.25. The summed E-state index contributed by atoms with van der Waals surface area (Å²) in [6, 6.07) is 4.86. The van der Waals surface area contributed by atoms with Crippen LogP contribution >= 0.6 is 0 Å². The Hall–Kier alpha value is -1.68. The first-order valence-corrected chi connectivity index (χ1v) is 4.28. The summed E-state index contributed by atoms with van der Waals surface area (Å²) in [6.45, 7) is 1.56. The molecule has 0 saturated heterocycles. The predicted octanol–water partition coefficient (Wildman–Crippen LogP) is 0.624. The fraction of sp³-hybridized carbons (Fsp3) is 0.200. The van der Waals surface area contributed by atoms with Gasteiger partial charge in [0.15, 0.2) is 0 Å². The van der Waals surface area contributed by atoms with E-state index in [0.717, 1.165) is 0 Å². The van der Waals surface area contributed by atoms with E-state index in [1.807, 2.05) is 0 Å². The van der Waals surface area contributed by atoms with Gasteiger partial charge < -0.3 is 5.11 Å². The van der Waals surface area contributed by atoms with Gasteiger partial charge in [-0.3, -0.25) is 14.9 Å². The highest BCUT2D eigenvalue weighted by atomic mass is 16.3. The number of hydrogen-bond acceptors (Lipinski definition) is 3. The van der Waals surface area contributed by atoms with Crippen molar-refractivity contribution < 1.29 is 14.7 Å². The van der Waals surface area contributed by atoms with Gasteiger partial charge in [0.1, 0.15) is 0 Å². The van der Waals surface area contributed by atoms with E-state index in [-0.39, 0.29) is 0 Å². The largest absolute Gasteiger partial charge is 0.389 e. The third-order valence-electron chi connectivity index (χ3n) is 2.25. The first-order chi connectivity index (χ1) is 6.61. The zero-order valence-corrected chi connectivity index (χ0v) is 7.57. The summed E-state index contributed by atoms with van der Waals surface area (Å²) in [5.41, 5.74) is 1.13. The molecule has 0 aromatic heterocycles. The van der Waals surface area contributed by atoms with Crippen LogP contribution < -0.4 is 5.32 Å². The summed E-state index contributed by atoms with van der Waals surface area (Å²) in [6.07, 6.45) is -0.749. The van der Waals surface area contributed by atoms with E-state index in [4.69, 9.17) is 0 Å². The van der Waals surface area contributed by atoms with Crippen molar-refractivity contribution in [2.24, 2.45) is 0 Å². The number of hydrogen-bond donors (Lipinski definition) is 2. The lowest BCUT2D eigenvalue weighted by Crippen LogP contribution is -2.20. The molecule has 4 nitrogen and oxygen atoms in total. The normalized spacial score (nSPS) is 16.4. The molecule has 1 aliphatic heterocycles. The van der Waals surface area contributed by atoms with Crippen LogP contribution in [-0.4, -0.2) is 16.9 Å². The van der Waals surface area contributed by atoms with Crippen molar-refractivity contribution in [2.75, 3.05) is 0 Å². The molecule has 14 heavy (non-hydrogen) atoms. The Balaban J connectivity index is 2.68. The quantitative estimate of drug-likeness (QED) is 0.639. The lowest BCUT2D eigenvalue weighted by molar-refractivity contribution is 0.0877. The topological polar surface area (TPSA) is 66.4 Å². The Morgan fingerprint density at radius 1 is 1.29 bits per heavy atom. The summed E-state index contributed by atoms with van der Waals surface area (Å²) in [5, 5.41) is 11.6. The second-order valence-corrected chi connectivity index (χ2v) is 3.23. The summed E-state index contributed by atoms with van der Waals surface area (Å²) in [7, 11) is 0. The molecule has 1 heterocycles. The second-order valence-electron chi connectivity index (χ2n) is 3.23. The van der Waals surface area contributed by atoms with E-state index >= 15 is 0 Å². The minimum Gasteiger partial charge on any atom is -0.389 e. The number of carbonyl (C=O) groups excluding carboxylic acids is 2. The van der Waals surface area contributed by atoms with Gasteiger partial charge in [0.2, 0.25) is 0 Å². The molecule has 72 valence electrons. The van der Waals surface area contributed by atoms with Gasteiger partial charge in [0, 0.05) is 0 Å². The van der Waals surface area contributed by atoms with Crippen LogP contribution in [-0.2, 0) is 0 Å². The Labute approximate surface area is 80.6 Å². The van der Waals surface area contributed by atoms with Crippen LogP contribution in [0.2, 0.25) is 0 Å². The Bertz CT molecular complexity index is 423. The molecule has 0 aliphatic carbocycles. The van der Waals surface area contributed by atoms with Gasteiger partial charge in [0.25, 0.3) is 11.8 Å². The first kappa shape index (κ1) is 8.90. The van der Waals surface area contributed by atoms with Gasteiger partial charge in [-0.05, 0) is 18.6 Å². The summed E-state index contributed by atoms with van der Waals surface area (Å²) in [5.74, 6) is -0.825. The summed E-state index contributed by atoms with van der Waals surface area (Å²) < 4.78 is 0. The second kappa shape index (κ2) is 2.92. The SMILES string of the molecule is CC(O)c1cccc2c1C(=O)NC2=O. The smallest absolute Gasteiger partial charge is 0.259 e. The average Bonchev–Trinajstić information content (AvgIpc) is 2.43. The van der Waals surface area contributed by atoms with Crippen molar-refractivity contribution >= 4 is 11.8 Å². The fourth-order valence-electron chi connectivity index (χ4n) is 1.59. The molecule has 1 aromatic carbocycles. The first-order valence-electron chi connectivity index (χ1n) is 4.28. The van der Waals surface area contributed by atoms with E-state index in [1.54, 1.807) is 25.1 Å². The number of aliphatic hydroxyl groups is 1. The molecule has 1 unspecified atom stereocenters. The number of rotatable bonds is 1. The maximum Gasteiger partial charge on any atom is 0.259 e. The standard InChI is InChI=1S/C10H9NO3/c1-5(12)6-3-2-4-7-8(6)10(14)11-9(7)13/h2-5,12H,1H3,(H,11,13,14). The molecule has 2 rings (SSSR count). The highest BCUT2D eigenvalue weighted by molar-refractivity contribution is 6.22. The molecule has 1 atom stereocenters. The highest BCUT2D eigenvalue weighted by Gasteiger charge is 2.29. The predicted molar refractivity (Wildman–Crippen MR) is 48.9 cm³/mol. The van der Waals surface area contributed by atoms with Gasteiger partial charge in [-0.25, -0.2) is 0 Å². The molecule has 2 amide bonds.